The van der Waals surface area contributed by atoms with E-state index in [0.29, 0.717) is 33.8 Å². The first-order valence-corrected chi connectivity index (χ1v) is 6.93. The van der Waals surface area contributed by atoms with Crippen molar-refractivity contribution in [3.63, 3.8) is 0 Å². The maximum absolute atomic E-state index is 12.1. The summed E-state index contributed by atoms with van der Waals surface area (Å²) in [6.07, 6.45) is 0. The molecule has 0 atom stereocenters. The predicted octanol–water partition coefficient (Wildman–Crippen LogP) is 3.29. The van der Waals surface area contributed by atoms with Gasteiger partial charge in [0.15, 0.2) is 5.78 Å². The lowest BCUT2D eigenvalue weighted by atomic mass is 9.91. The first kappa shape index (κ1) is 15.9. The number of hydrogen-bond donors (Lipinski definition) is 0. The Bertz CT molecular complexity index is 767. The summed E-state index contributed by atoms with van der Waals surface area (Å²) in [7, 11) is 0. The van der Waals surface area contributed by atoms with Crippen LogP contribution in [0.3, 0.4) is 0 Å². The Balaban J connectivity index is 2.83. The molecule has 5 nitrogen and oxygen atoms in total. The molecule has 1 fully saturated rings. The van der Waals surface area contributed by atoms with Crippen molar-refractivity contribution in [2.24, 2.45) is 0 Å². The number of Topliss-reactive ketones (excluding diaryl/α,β-unsaturated/α-hetero) is 1. The van der Waals surface area contributed by atoms with Crippen molar-refractivity contribution < 1.29 is 23.5 Å². The molecule has 1 aliphatic rings. The van der Waals surface area contributed by atoms with Crippen LogP contribution in [0.4, 0.5) is 0 Å². The van der Waals surface area contributed by atoms with Crippen molar-refractivity contribution >= 4 is 23.3 Å². The number of furan rings is 1. The van der Waals surface area contributed by atoms with Gasteiger partial charge < -0.3 is 9.15 Å². The number of aryl methyl sites for hydroxylation is 2. The molecule has 116 valence electrons. The molecule has 0 N–H and O–H groups in total. The molecule has 0 aromatic carbocycles. The molecule has 22 heavy (non-hydrogen) atoms. The third-order valence-electron chi connectivity index (χ3n) is 3.71. The summed E-state index contributed by atoms with van der Waals surface area (Å²) in [6, 6.07) is 0. The third kappa shape index (κ3) is 2.32. The Kier molecular flexibility index (Phi) is 3.92. The van der Waals surface area contributed by atoms with E-state index in [4.69, 9.17) is 9.15 Å². The highest BCUT2D eigenvalue weighted by Crippen LogP contribution is 2.36. The molecule has 0 bridgehead atoms. The van der Waals surface area contributed by atoms with Gasteiger partial charge in [-0.25, -0.2) is 9.59 Å². The van der Waals surface area contributed by atoms with Gasteiger partial charge in [0.1, 0.15) is 11.5 Å². The second-order valence-corrected chi connectivity index (χ2v) is 5.57. The third-order valence-corrected chi connectivity index (χ3v) is 3.71. The molecule has 2 heterocycles. The van der Waals surface area contributed by atoms with Gasteiger partial charge in [-0.15, -0.1) is 0 Å². The molecule has 0 radical (unpaired) electrons. The number of carbonyl (C=O) groups excluding carboxylic acids is 3. The zero-order chi connectivity index (χ0) is 16.8. The maximum atomic E-state index is 12.1. The predicted molar refractivity (Wildman–Crippen MR) is 80.3 cm³/mol. The smallest absolute Gasteiger partial charge is 0.347 e. The van der Waals surface area contributed by atoms with Gasteiger partial charge in [-0.2, -0.15) is 0 Å². The highest BCUT2D eigenvalue weighted by molar-refractivity contribution is 6.22. The standard InChI is InChI=1S/C17H18O5/c1-7(2)12-14(17(20)22-16(12)19)8(3)13-10(5)21-11(6)15(13)9(4)18/h1-6H3. The van der Waals surface area contributed by atoms with E-state index in [1.807, 2.05) is 0 Å². The molecule has 0 saturated carbocycles. The molecule has 0 spiro atoms. The Morgan fingerprint density at radius 2 is 1.32 bits per heavy atom. The quantitative estimate of drug-likeness (QED) is 0.363. The van der Waals surface area contributed by atoms with E-state index < -0.39 is 11.9 Å². The zero-order valence-corrected chi connectivity index (χ0v) is 13.5. The molecule has 0 aliphatic carbocycles. The number of ketones is 1. The van der Waals surface area contributed by atoms with Crippen molar-refractivity contribution in [3.8, 4) is 0 Å². The summed E-state index contributed by atoms with van der Waals surface area (Å²) in [5, 5.41) is 0. The fourth-order valence-corrected chi connectivity index (χ4v) is 2.87. The minimum atomic E-state index is -0.688. The highest BCUT2D eigenvalue weighted by atomic mass is 16.6. The molecular formula is C17H18O5. The SMILES string of the molecule is CC(=O)c1c(C)oc(C)c1C(C)=C1C(=O)OC(=O)C1=C(C)C. The van der Waals surface area contributed by atoms with E-state index in [9.17, 15) is 14.4 Å². The molecule has 5 heteroatoms. The van der Waals surface area contributed by atoms with Gasteiger partial charge in [0.2, 0.25) is 0 Å². The molecule has 1 saturated heterocycles. The van der Waals surface area contributed by atoms with Crippen LogP contribution in [0.2, 0.25) is 0 Å². The number of rotatable bonds is 2. The van der Waals surface area contributed by atoms with Crippen LogP contribution in [0, 0.1) is 13.8 Å². The van der Waals surface area contributed by atoms with Crippen LogP contribution >= 0.6 is 0 Å². The molecular weight excluding hydrogens is 284 g/mol. The van der Waals surface area contributed by atoms with E-state index in [1.54, 1.807) is 34.6 Å². The fraction of sp³-hybridized carbons (Fsp3) is 0.353. The van der Waals surface area contributed by atoms with E-state index in [1.165, 1.54) is 6.92 Å². The molecule has 2 rings (SSSR count). The number of esters is 2. The summed E-state index contributed by atoms with van der Waals surface area (Å²) >= 11 is 0. The maximum Gasteiger partial charge on any atom is 0.347 e. The number of carbonyl (C=O) groups is 3. The lowest BCUT2D eigenvalue weighted by molar-refractivity contribution is -0.149. The van der Waals surface area contributed by atoms with Crippen LogP contribution in [0.5, 0.6) is 0 Å². The summed E-state index contributed by atoms with van der Waals surface area (Å²) < 4.78 is 10.3. The van der Waals surface area contributed by atoms with Crippen LogP contribution in [0.25, 0.3) is 5.57 Å². The Morgan fingerprint density at radius 1 is 0.818 bits per heavy atom. The molecule has 0 amide bonds. The minimum Gasteiger partial charge on any atom is -0.465 e. The summed E-state index contributed by atoms with van der Waals surface area (Å²) in [5.74, 6) is -0.460. The average molecular weight is 302 g/mol. The van der Waals surface area contributed by atoms with Crippen LogP contribution < -0.4 is 0 Å². The minimum absolute atomic E-state index is 0.152. The van der Waals surface area contributed by atoms with Crippen molar-refractivity contribution in [2.45, 2.75) is 41.5 Å². The van der Waals surface area contributed by atoms with Gasteiger partial charge in [-0.1, -0.05) is 5.57 Å². The van der Waals surface area contributed by atoms with Gasteiger partial charge in [0.25, 0.3) is 0 Å². The average Bonchev–Trinajstić information content (AvgIpc) is 2.84. The summed E-state index contributed by atoms with van der Waals surface area (Å²) in [5.41, 5.74) is 2.67. The van der Waals surface area contributed by atoms with Crippen LogP contribution in [-0.2, 0) is 14.3 Å². The first-order valence-electron chi connectivity index (χ1n) is 6.93. The number of hydrogen-bond acceptors (Lipinski definition) is 5. The molecule has 1 aromatic rings. The molecule has 1 aromatic heterocycles. The number of allylic oxidation sites excluding steroid dienone is 2. The summed E-state index contributed by atoms with van der Waals surface area (Å²) in [4.78, 5) is 35.8. The van der Waals surface area contributed by atoms with Crippen LogP contribution in [0.15, 0.2) is 21.1 Å². The van der Waals surface area contributed by atoms with Crippen molar-refractivity contribution in [1.82, 2.24) is 0 Å². The Morgan fingerprint density at radius 3 is 1.82 bits per heavy atom. The fourth-order valence-electron chi connectivity index (χ4n) is 2.87. The van der Waals surface area contributed by atoms with Crippen molar-refractivity contribution in [2.75, 3.05) is 0 Å². The second kappa shape index (κ2) is 5.40. The topological polar surface area (TPSA) is 73.6 Å². The summed E-state index contributed by atoms with van der Waals surface area (Å²) in [6.45, 7) is 10.0. The molecule has 0 unspecified atom stereocenters. The van der Waals surface area contributed by atoms with E-state index in [2.05, 4.69) is 0 Å². The normalized spacial score (nSPS) is 16.9. The second-order valence-electron chi connectivity index (χ2n) is 5.57. The lowest BCUT2D eigenvalue weighted by Gasteiger charge is -2.07. The van der Waals surface area contributed by atoms with Gasteiger partial charge in [-0.3, -0.25) is 4.79 Å². The van der Waals surface area contributed by atoms with Gasteiger partial charge >= 0.3 is 11.9 Å². The van der Waals surface area contributed by atoms with Crippen molar-refractivity contribution in [1.29, 1.82) is 0 Å². The zero-order valence-electron chi connectivity index (χ0n) is 13.5. The number of ether oxygens (including phenoxy) is 1. The van der Waals surface area contributed by atoms with E-state index in [0.717, 1.165) is 0 Å². The highest BCUT2D eigenvalue weighted by Gasteiger charge is 2.37. The Hall–Kier alpha value is -2.43. The monoisotopic (exact) mass is 302 g/mol. The first-order chi connectivity index (χ1) is 10.2. The van der Waals surface area contributed by atoms with Crippen LogP contribution in [0.1, 0.15) is 55.1 Å². The van der Waals surface area contributed by atoms with Gasteiger partial charge in [0, 0.05) is 5.56 Å². The molecule has 1 aliphatic heterocycles. The largest absolute Gasteiger partial charge is 0.465 e. The van der Waals surface area contributed by atoms with Gasteiger partial charge in [-0.05, 0) is 47.1 Å². The van der Waals surface area contributed by atoms with Crippen molar-refractivity contribution in [3.05, 3.63) is 39.4 Å². The van der Waals surface area contributed by atoms with Crippen LogP contribution in [-0.4, -0.2) is 17.7 Å². The number of cyclic esters (lactones) is 2. The van der Waals surface area contributed by atoms with E-state index in [-0.39, 0.29) is 16.9 Å². The lowest BCUT2D eigenvalue weighted by Crippen LogP contribution is -2.03. The van der Waals surface area contributed by atoms with E-state index >= 15 is 0 Å². The van der Waals surface area contributed by atoms with Gasteiger partial charge in [0.05, 0.1) is 16.7 Å². The Labute approximate surface area is 128 Å².